The normalized spacial score (nSPS) is 10.7. The molecule has 2 N–H and O–H groups in total. The average molecular weight is 291 g/mol. The van der Waals surface area contributed by atoms with Crippen molar-refractivity contribution >= 4 is 23.5 Å². The molecule has 2 rings (SSSR count). The molecule has 0 fully saturated rings. The lowest BCUT2D eigenvalue weighted by Crippen LogP contribution is -1.94. The molecule has 0 radical (unpaired) electrons. The molecule has 0 aliphatic carbocycles. The number of anilines is 1. The van der Waals surface area contributed by atoms with Crippen LogP contribution in [-0.4, -0.2) is 17.9 Å². The van der Waals surface area contributed by atoms with Gasteiger partial charge in [-0.1, -0.05) is 23.7 Å². The standard InChI is InChI=1S/C15H15ClN2O2/c1-2-20-15-9-11(7-8-14(15)19)10-17-18-13-6-4-3-5-12(13)16/h3-10,18-19H,2H2,1H3/b17-10+. The van der Waals surface area contributed by atoms with Crippen LogP contribution in [0.2, 0.25) is 5.02 Å². The summed E-state index contributed by atoms with van der Waals surface area (Å²) in [5.41, 5.74) is 4.40. The van der Waals surface area contributed by atoms with E-state index in [4.69, 9.17) is 16.3 Å². The van der Waals surface area contributed by atoms with Crippen molar-refractivity contribution in [2.45, 2.75) is 6.92 Å². The number of benzene rings is 2. The first-order chi connectivity index (χ1) is 9.70. The molecule has 0 aliphatic heterocycles. The highest BCUT2D eigenvalue weighted by atomic mass is 35.5. The summed E-state index contributed by atoms with van der Waals surface area (Å²) in [6, 6.07) is 12.4. The molecule has 0 heterocycles. The van der Waals surface area contributed by atoms with Crippen LogP contribution in [0.4, 0.5) is 5.69 Å². The van der Waals surface area contributed by atoms with Gasteiger partial charge in [0.25, 0.3) is 0 Å². The Morgan fingerprint density at radius 1 is 1.30 bits per heavy atom. The lowest BCUT2D eigenvalue weighted by molar-refractivity contribution is 0.318. The van der Waals surface area contributed by atoms with Gasteiger partial charge in [0.15, 0.2) is 11.5 Å². The van der Waals surface area contributed by atoms with Gasteiger partial charge in [-0.2, -0.15) is 5.10 Å². The van der Waals surface area contributed by atoms with Crippen molar-refractivity contribution in [3.8, 4) is 11.5 Å². The number of phenols is 1. The molecule has 0 atom stereocenters. The molecule has 4 nitrogen and oxygen atoms in total. The minimum Gasteiger partial charge on any atom is -0.504 e. The number of nitrogens with one attached hydrogen (secondary N) is 1. The number of rotatable bonds is 5. The number of nitrogens with zero attached hydrogens (tertiary/aromatic N) is 1. The Hall–Kier alpha value is -2.20. The highest BCUT2D eigenvalue weighted by Crippen LogP contribution is 2.26. The Labute approximate surface area is 122 Å². The molecular formula is C15H15ClN2O2. The quantitative estimate of drug-likeness (QED) is 0.649. The monoisotopic (exact) mass is 290 g/mol. The molecule has 0 amide bonds. The van der Waals surface area contributed by atoms with Crippen LogP contribution in [0, 0.1) is 0 Å². The van der Waals surface area contributed by atoms with Gasteiger partial charge >= 0.3 is 0 Å². The molecule has 20 heavy (non-hydrogen) atoms. The number of hydrazone groups is 1. The largest absolute Gasteiger partial charge is 0.504 e. The van der Waals surface area contributed by atoms with E-state index in [1.807, 2.05) is 25.1 Å². The van der Waals surface area contributed by atoms with Crippen LogP contribution in [0.25, 0.3) is 0 Å². The molecule has 0 aliphatic rings. The smallest absolute Gasteiger partial charge is 0.161 e. The Kier molecular flexibility index (Phi) is 4.85. The van der Waals surface area contributed by atoms with Gasteiger partial charge in [0.05, 0.1) is 23.5 Å². The summed E-state index contributed by atoms with van der Waals surface area (Å²) in [6.45, 7) is 2.35. The molecule has 0 saturated heterocycles. The Bertz CT molecular complexity index is 615. The van der Waals surface area contributed by atoms with Crippen LogP contribution < -0.4 is 10.2 Å². The second-order valence-corrected chi connectivity index (χ2v) is 4.42. The summed E-state index contributed by atoms with van der Waals surface area (Å²) >= 11 is 6.00. The predicted octanol–water partition coefficient (Wildman–Crippen LogP) is 3.89. The van der Waals surface area contributed by atoms with Crippen LogP contribution in [0.15, 0.2) is 47.6 Å². The van der Waals surface area contributed by atoms with Crippen LogP contribution in [-0.2, 0) is 0 Å². The third kappa shape index (κ3) is 3.65. The second kappa shape index (κ2) is 6.82. The molecule has 104 valence electrons. The maximum absolute atomic E-state index is 9.60. The third-order valence-electron chi connectivity index (χ3n) is 2.56. The van der Waals surface area contributed by atoms with Crippen molar-refractivity contribution in [2.24, 2.45) is 5.10 Å². The first-order valence-electron chi connectivity index (χ1n) is 6.20. The lowest BCUT2D eigenvalue weighted by atomic mass is 10.2. The first-order valence-corrected chi connectivity index (χ1v) is 6.58. The number of phenolic OH excluding ortho intramolecular Hbond substituents is 1. The highest BCUT2D eigenvalue weighted by Gasteiger charge is 2.02. The van der Waals surface area contributed by atoms with Gasteiger partial charge in [-0.15, -0.1) is 0 Å². The number of hydrogen-bond donors (Lipinski definition) is 2. The molecule has 0 aromatic heterocycles. The van der Waals surface area contributed by atoms with Crippen LogP contribution >= 0.6 is 11.6 Å². The fourth-order valence-electron chi connectivity index (χ4n) is 1.61. The van der Waals surface area contributed by atoms with E-state index < -0.39 is 0 Å². The molecule has 0 unspecified atom stereocenters. The van der Waals surface area contributed by atoms with Crippen molar-refractivity contribution < 1.29 is 9.84 Å². The molecular weight excluding hydrogens is 276 g/mol. The number of aromatic hydroxyl groups is 1. The fourth-order valence-corrected chi connectivity index (χ4v) is 1.79. The van der Waals surface area contributed by atoms with E-state index in [1.165, 1.54) is 0 Å². The maximum Gasteiger partial charge on any atom is 0.161 e. The van der Waals surface area contributed by atoms with Gasteiger partial charge < -0.3 is 9.84 Å². The fraction of sp³-hybridized carbons (Fsp3) is 0.133. The number of halogens is 1. The number of hydrogen-bond acceptors (Lipinski definition) is 4. The topological polar surface area (TPSA) is 53.8 Å². The number of ether oxygens (including phenoxy) is 1. The summed E-state index contributed by atoms with van der Waals surface area (Å²) in [4.78, 5) is 0. The van der Waals surface area contributed by atoms with Gasteiger partial charge in [0, 0.05) is 0 Å². The summed E-state index contributed by atoms with van der Waals surface area (Å²) < 4.78 is 5.31. The summed E-state index contributed by atoms with van der Waals surface area (Å²) in [7, 11) is 0. The average Bonchev–Trinajstić information content (AvgIpc) is 2.45. The molecule has 2 aromatic rings. The van der Waals surface area contributed by atoms with E-state index in [0.29, 0.717) is 17.4 Å². The van der Waals surface area contributed by atoms with Crippen molar-refractivity contribution in [1.29, 1.82) is 0 Å². The van der Waals surface area contributed by atoms with Crippen LogP contribution in [0.1, 0.15) is 12.5 Å². The molecule has 0 bridgehead atoms. The van der Waals surface area contributed by atoms with Gasteiger partial charge in [-0.25, -0.2) is 0 Å². The summed E-state index contributed by atoms with van der Waals surface area (Å²) in [5.74, 6) is 0.553. The zero-order valence-electron chi connectivity index (χ0n) is 11.0. The Morgan fingerprint density at radius 3 is 2.85 bits per heavy atom. The summed E-state index contributed by atoms with van der Waals surface area (Å²) in [5, 5.41) is 14.3. The van der Waals surface area contributed by atoms with E-state index in [-0.39, 0.29) is 5.75 Å². The van der Waals surface area contributed by atoms with Crippen LogP contribution in [0.3, 0.4) is 0 Å². The molecule has 2 aromatic carbocycles. The number of para-hydroxylation sites is 1. The van der Waals surface area contributed by atoms with Crippen molar-refractivity contribution in [3.63, 3.8) is 0 Å². The SMILES string of the molecule is CCOc1cc(/C=N/Nc2ccccc2Cl)ccc1O. The molecule has 5 heteroatoms. The maximum atomic E-state index is 9.60. The minimum atomic E-state index is 0.114. The Balaban J connectivity index is 2.08. The van der Waals surface area contributed by atoms with E-state index in [2.05, 4.69) is 10.5 Å². The van der Waals surface area contributed by atoms with E-state index in [0.717, 1.165) is 11.3 Å². The van der Waals surface area contributed by atoms with E-state index in [1.54, 1.807) is 30.5 Å². The van der Waals surface area contributed by atoms with Crippen molar-refractivity contribution in [3.05, 3.63) is 53.1 Å². The van der Waals surface area contributed by atoms with E-state index in [9.17, 15) is 5.11 Å². The van der Waals surface area contributed by atoms with Gasteiger partial charge in [-0.3, -0.25) is 5.43 Å². The zero-order chi connectivity index (χ0) is 14.4. The second-order valence-electron chi connectivity index (χ2n) is 4.01. The van der Waals surface area contributed by atoms with Crippen molar-refractivity contribution in [1.82, 2.24) is 0 Å². The Morgan fingerprint density at radius 2 is 2.10 bits per heavy atom. The van der Waals surface area contributed by atoms with E-state index >= 15 is 0 Å². The zero-order valence-corrected chi connectivity index (χ0v) is 11.8. The van der Waals surface area contributed by atoms with Crippen LogP contribution in [0.5, 0.6) is 11.5 Å². The highest BCUT2D eigenvalue weighted by molar-refractivity contribution is 6.33. The molecule has 0 saturated carbocycles. The van der Waals surface area contributed by atoms with Gasteiger partial charge in [-0.05, 0) is 42.8 Å². The van der Waals surface area contributed by atoms with Crippen molar-refractivity contribution in [2.75, 3.05) is 12.0 Å². The minimum absolute atomic E-state index is 0.114. The first kappa shape index (κ1) is 14.2. The predicted molar refractivity (Wildman–Crippen MR) is 81.9 cm³/mol. The summed E-state index contributed by atoms with van der Waals surface area (Å²) in [6.07, 6.45) is 1.63. The van der Waals surface area contributed by atoms with Gasteiger partial charge in [0.2, 0.25) is 0 Å². The van der Waals surface area contributed by atoms with Gasteiger partial charge in [0.1, 0.15) is 0 Å². The molecule has 0 spiro atoms. The lowest BCUT2D eigenvalue weighted by Gasteiger charge is -2.06. The third-order valence-corrected chi connectivity index (χ3v) is 2.89.